The van der Waals surface area contributed by atoms with Crippen LogP contribution in [0.4, 0.5) is 0 Å². The van der Waals surface area contributed by atoms with Crippen LogP contribution in [0.2, 0.25) is 0 Å². The molecule has 0 radical (unpaired) electrons. The summed E-state index contributed by atoms with van der Waals surface area (Å²) in [4.78, 5) is 20.5. The third kappa shape index (κ3) is 7.80. The molecule has 1 atom stereocenters. The zero-order valence-corrected chi connectivity index (χ0v) is 22.2. The molecule has 180 valence electrons. The highest BCUT2D eigenvalue weighted by Gasteiger charge is 2.26. The summed E-state index contributed by atoms with van der Waals surface area (Å²) in [5, 5.41) is 3.43. The Kier molecular flexibility index (Phi) is 10.8. The van der Waals surface area contributed by atoms with E-state index in [1.165, 1.54) is 10.5 Å². The molecular formula is C25H35IN4O3. The van der Waals surface area contributed by atoms with E-state index in [0.717, 1.165) is 43.3 Å². The number of hydrogen-bond acceptors (Lipinski definition) is 4. The van der Waals surface area contributed by atoms with E-state index >= 15 is 0 Å². The van der Waals surface area contributed by atoms with Crippen molar-refractivity contribution in [2.75, 3.05) is 47.4 Å². The van der Waals surface area contributed by atoms with Gasteiger partial charge in [0.15, 0.2) is 12.6 Å². The highest BCUT2D eigenvalue weighted by Crippen LogP contribution is 2.28. The third-order valence-electron chi connectivity index (χ3n) is 5.58. The van der Waals surface area contributed by atoms with Crippen LogP contribution >= 0.6 is 24.0 Å². The number of methoxy groups -OCH3 is 1. The van der Waals surface area contributed by atoms with Gasteiger partial charge in [-0.3, -0.25) is 4.79 Å². The van der Waals surface area contributed by atoms with Crippen LogP contribution in [-0.2, 0) is 11.3 Å². The van der Waals surface area contributed by atoms with Gasteiger partial charge in [0.1, 0.15) is 11.5 Å². The van der Waals surface area contributed by atoms with E-state index in [0.29, 0.717) is 18.2 Å². The fraction of sp³-hybridized carbons (Fsp3) is 0.440. The first-order chi connectivity index (χ1) is 15.5. The minimum absolute atomic E-state index is 0. The molecule has 0 aliphatic carbocycles. The van der Waals surface area contributed by atoms with E-state index in [4.69, 9.17) is 14.5 Å². The summed E-state index contributed by atoms with van der Waals surface area (Å²) in [6.07, 6.45) is 1.10. The van der Waals surface area contributed by atoms with E-state index in [1.807, 2.05) is 36.4 Å². The number of rotatable bonds is 8. The van der Waals surface area contributed by atoms with E-state index < -0.39 is 0 Å². The molecule has 0 saturated carbocycles. The Morgan fingerprint density at radius 1 is 1.18 bits per heavy atom. The number of likely N-dealkylation sites (N-methyl/N-ethyl adjacent to an activating group) is 1. The molecule has 2 aromatic rings. The van der Waals surface area contributed by atoms with Crippen molar-refractivity contribution in [1.82, 2.24) is 15.1 Å². The largest absolute Gasteiger partial charge is 0.497 e. The molecule has 3 rings (SSSR count). The summed E-state index contributed by atoms with van der Waals surface area (Å²) in [5.41, 5.74) is 2.38. The van der Waals surface area contributed by atoms with Crippen LogP contribution in [0.1, 0.15) is 30.4 Å². The lowest BCUT2D eigenvalue weighted by Crippen LogP contribution is -2.40. The smallest absolute Gasteiger partial charge is 0.259 e. The Hall–Kier alpha value is -2.49. The monoisotopic (exact) mass is 566 g/mol. The summed E-state index contributed by atoms with van der Waals surface area (Å²) in [6, 6.07) is 16.1. The van der Waals surface area contributed by atoms with Gasteiger partial charge in [-0.15, -0.1) is 24.0 Å². The van der Waals surface area contributed by atoms with Crippen molar-refractivity contribution in [2.45, 2.75) is 25.8 Å². The SMILES string of the molecule is CCNC(=NCc1cccc(OCC(=O)N(C)C)c1)N1CCC(c2ccc(OC)cc2)C1.I. The van der Waals surface area contributed by atoms with Crippen molar-refractivity contribution in [1.29, 1.82) is 0 Å². The van der Waals surface area contributed by atoms with Gasteiger partial charge in [0, 0.05) is 39.6 Å². The second kappa shape index (κ2) is 13.3. The van der Waals surface area contributed by atoms with Crippen molar-refractivity contribution >= 4 is 35.8 Å². The maximum atomic E-state index is 11.8. The average Bonchev–Trinajstić information content (AvgIpc) is 3.30. The second-order valence-corrected chi connectivity index (χ2v) is 8.10. The highest BCUT2D eigenvalue weighted by molar-refractivity contribution is 14.0. The Morgan fingerprint density at radius 2 is 1.94 bits per heavy atom. The minimum Gasteiger partial charge on any atom is -0.497 e. The molecule has 1 aliphatic rings. The molecule has 1 unspecified atom stereocenters. The number of guanidine groups is 1. The second-order valence-electron chi connectivity index (χ2n) is 8.10. The quantitative estimate of drug-likeness (QED) is 0.300. The van der Waals surface area contributed by atoms with Crippen molar-refractivity contribution in [3.05, 3.63) is 59.7 Å². The Bertz CT molecular complexity index is 918. The fourth-order valence-electron chi connectivity index (χ4n) is 3.70. The first-order valence-electron chi connectivity index (χ1n) is 11.1. The zero-order valence-electron chi connectivity index (χ0n) is 19.9. The number of amides is 1. The summed E-state index contributed by atoms with van der Waals surface area (Å²) >= 11 is 0. The molecule has 0 bridgehead atoms. The lowest BCUT2D eigenvalue weighted by Gasteiger charge is -2.22. The number of ether oxygens (including phenoxy) is 2. The van der Waals surface area contributed by atoms with Gasteiger partial charge in [-0.1, -0.05) is 24.3 Å². The van der Waals surface area contributed by atoms with Gasteiger partial charge in [0.2, 0.25) is 0 Å². The molecule has 8 heteroatoms. The van der Waals surface area contributed by atoms with Gasteiger partial charge in [-0.2, -0.15) is 0 Å². The predicted octanol–water partition coefficient (Wildman–Crippen LogP) is 3.74. The van der Waals surface area contributed by atoms with Gasteiger partial charge in [0.05, 0.1) is 13.7 Å². The highest BCUT2D eigenvalue weighted by atomic mass is 127. The number of nitrogens with one attached hydrogen (secondary N) is 1. The average molecular weight is 566 g/mol. The van der Waals surface area contributed by atoms with Crippen LogP contribution in [0.15, 0.2) is 53.5 Å². The lowest BCUT2D eigenvalue weighted by molar-refractivity contribution is -0.130. The van der Waals surface area contributed by atoms with Crippen LogP contribution in [0.25, 0.3) is 0 Å². The number of nitrogens with zero attached hydrogens (tertiary/aromatic N) is 3. The maximum Gasteiger partial charge on any atom is 0.259 e. The van der Waals surface area contributed by atoms with E-state index in [1.54, 1.807) is 21.2 Å². The summed E-state index contributed by atoms with van der Waals surface area (Å²) in [7, 11) is 5.13. The summed E-state index contributed by atoms with van der Waals surface area (Å²) < 4.78 is 10.9. The molecular weight excluding hydrogens is 531 g/mol. The molecule has 1 aliphatic heterocycles. The number of halogens is 1. The topological polar surface area (TPSA) is 66.4 Å². The minimum atomic E-state index is -0.0664. The van der Waals surface area contributed by atoms with Crippen LogP contribution in [-0.4, -0.2) is 69.1 Å². The fourth-order valence-corrected chi connectivity index (χ4v) is 3.70. The number of carbonyl (C=O) groups excluding carboxylic acids is 1. The van der Waals surface area contributed by atoms with Crippen molar-refractivity contribution < 1.29 is 14.3 Å². The molecule has 33 heavy (non-hydrogen) atoms. The van der Waals surface area contributed by atoms with Crippen molar-refractivity contribution in [3.8, 4) is 11.5 Å². The molecule has 1 N–H and O–H groups in total. The first kappa shape index (κ1) is 26.8. The summed E-state index contributed by atoms with van der Waals surface area (Å²) in [6.45, 7) is 5.39. The number of carbonyl (C=O) groups is 1. The third-order valence-corrected chi connectivity index (χ3v) is 5.58. The molecule has 1 heterocycles. The van der Waals surface area contributed by atoms with Gasteiger partial charge in [-0.25, -0.2) is 4.99 Å². The molecule has 1 amide bonds. The van der Waals surface area contributed by atoms with Crippen LogP contribution in [0, 0.1) is 0 Å². The number of likely N-dealkylation sites (tertiary alicyclic amines) is 1. The summed E-state index contributed by atoms with van der Waals surface area (Å²) in [5.74, 6) is 2.91. The van der Waals surface area contributed by atoms with E-state index in [-0.39, 0.29) is 36.5 Å². The van der Waals surface area contributed by atoms with Crippen molar-refractivity contribution in [3.63, 3.8) is 0 Å². The number of aliphatic imine (C=N–C) groups is 1. The lowest BCUT2D eigenvalue weighted by atomic mass is 9.98. The molecule has 2 aromatic carbocycles. The normalized spacial score (nSPS) is 15.6. The van der Waals surface area contributed by atoms with Gasteiger partial charge < -0.3 is 24.6 Å². The first-order valence-corrected chi connectivity index (χ1v) is 11.1. The molecule has 1 fully saturated rings. The number of benzene rings is 2. The molecule has 1 saturated heterocycles. The Labute approximate surface area is 214 Å². The van der Waals surface area contributed by atoms with Gasteiger partial charge in [0.25, 0.3) is 5.91 Å². The maximum absolute atomic E-state index is 11.8. The molecule has 0 spiro atoms. The van der Waals surface area contributed by atoms with Crippen LogP contribution < -0.4 is 14.8 Å². The van der Waals surface area contributed by atoms with E-state index in [2.05, 4.69) is 29.3 Å². The molecule has 0 aromatic heterocycles. The van der Waals surface area contributed by atoms with Crippen LogP contribution in [0.3, 0.4) is 0 Å². The van der Waals surface area contributed by atoms with Gasteiger partial charge in [-0.05, 0) is 48.7 Å². The Balaban J connectivity index is 0.00000385. The standard InChI is InChI=1S/C25H34N4O3.HI/c1-5-26-25(29-14-13-21(17-29)20-9-11-22(31-4)12-10-20)27-16-19-7-6-8-23(15-19)32-18-24(30)28(2)3;/h6-12,15,21H,5,13-14,16-18H2,1-4H3,(H,26,27);1H. The Morgan fingerprint density at radius 3 is 2.61 bits per heavy atom. The van der Waals surface area contributed by atoms with Crippen molar-refractivity contribution in [2.24, 2.45) is 4.99 Å². The van der Waals surface area contributed by atoms with E-state index in [9.17, 15) is 4.79 Å². The van der Waals surface area contributed by atoms with Gasteiger partial charge >= 0.3 is 0 Å². The molecule has 7 nitrogen and oxygen atoms in total. The van der Waals surface area contributed by atoms with Crippen LogP contribution in [0.5, 0.6) is 11.5 Å². The predicted molar refractivity (Wildman–Crippen MR) is 143 cm³/mol. The zero-order chi connectivity index (χ0) is 22.9. The number of hydrogen-bond donors (Lipinski definition) is 1.